The molecule has 1 aromatic heterocycles. The molecule has 11 nitrogen and oxygen atoms in total. The summed E-state index contributed by atoms with van der Waals surface area (Å²) in [4.78, 5) is 44.9. The molecule has 1 saturated heterocycles. The summed E-state index contributed by atoms with van der Waals surface area (Å²) in [6.07, 6.45) is -0.0726. The molecule has 2 atom stereocenters. The number of ether oxygens (including phenoxy) is 1. The van der Waals surface area contributed by atoms with Gasteiger partial charge in [0.1, 0.15) is 0 Å². The van der Waals surface area contributed by atoms with Crippen molar-refractivity contribution in [1.82, 2.24) is 20.4 Å². The number of sulfone groups is 1. The van der Waals surface area contributed by atoms with Gasteiger partial charge >= 0.3 is 0 Å². The molecular weight excluding hydrogens is 500 g/mol. The number of morpholine rings is 1. The fourth-order valence-electron chi connectivity index (χ4n) is 4.08. The minimum Gasteiger partial charge on any atom is -0.378 e. The number of carbonyl (C=O) groups excluding carboxylic acids is 3. The van der Waals surface area contributed by atoms with E-state index >= 15 is 0 Å². The van der Waals surface area contributed by atoms with E-state index in [1.54, 1.807) is 49.9 Å². The monoisotopic (exact) mass is 534 g/mol. The van der Waals surface area contributed by atoms with Crippen molar-refractivity contribution in [2.45, 2.75) is 39.7 Å². The van der Waals surface area contributed by atoms with Crippen LogP contribution >= 0.6 is 0 Å². The number of ketones is 1. The highest BCUT2D eigenvalue weighted by atomic mass is 32.2. The summed E-state index contributed by atoms with van der Waals surface area (Å²) in [7, 11) is -3.62. The number of aromatic nitrogens is 2. The Balaban J connectivity index is 1.75. The highest BCUT2D eigenvalue weighted by Crippen LogP contribution is 2.18. The highest BCUT2D eigenvalue weighted by molar-refractivity contribution is 7.91. The van der Waals surface area contributed by atoms with E-state index in [4.69, 9.17) is 9.26 Å². The Hall–Kier alpha value is -3.12. The molecule has 1 unspecified atom stereocenters. The largest absolute Gasteiger partial charge is 0.378 e. The zero-order chi connectivity index (χ0) is 27.0. The van der Waals surface area contributed by atoms with E-state index in [2.05, 4.69) is 15.5 Å². The molecule has 1 N–H and O–H groups in total. The first kappa shape index (κ1) is 28.5. The lowest BCUT2D eigenvalue weighted by molar-refractivity contribution is -0.139. The van der Waals surface area contributed by atoms with Crippen LogP contribution in [0.4, 0.5) is 0 Å². The maximum atomic E-state index is 13.3. The molecule has 12 heteroatoms. The second-order valence-corrected chi connectivity index (χ2v) is 11.6. The van der Waals surface area contributed by atoms with Gasteiger partial charge in [-0.25, -0.2) is 8.42 Å². The van der Waals surface area contributed by atoms with Gasteiger partial charge in [0.2, 0.25) is 23.4 Å². The van der Waals surface area contributed by atoms with Crippen LogP contribution in [-0.2, 0) is 24.2 Å². The molecule has 1 fully saturated rings. The van der Waals surface area contributed by atoms with Gasteiger partial charge in [-0.1, -0.05) is 44.1 Å². The Morgan fingerprint density at radius 2 is 1.76 bits per heavy atom. The van der Waals surface area contributed by atoms with Crippen molar-refractivity contribution in [3.8, 4) is 11.5 Å². The van der Waals surface area contributed by atoms with Crippen LogP contribution in [0.5, 0.6) is 0 Å². The fourth-order valence-corrected chi connectivity index (χ4v) is 6.12. The second kappa shape index (κ2) is 12.9. The lowest BCUT2D eigenvalue weighted by atomic mass is 10.0. The van der Waals surface area contributed by atoms with Crippen molar-refractivity contribution in [3.63, 3.8) is 0 Å². The average molecular weight is 535 g/mol. The summed E-state index contributed by atoms with van der Waals surface area (Å²) in [6.45, 7) is 6.77. The number of hydrogen-bond acceptors (Lipinski definition) is 9. The smallest absolute Gasteiger partial charge is 0.258 e. The summed E-state index contributed by atoms with van der Waals surface area (Å²) in [5.74, 6) is -3.48. The SMILES string of the molecule is CC[C@H](NC(=O)C(CC(=O)N1CCOCC1)CS(=O)(=O)CC(C)C)C(=O)c1noc(-c2ccccc2)n1. The third-order valence-corrected chi connectivity index (χ3v) is 7.99. The summed E-state index contributed by atoms with van der Waals surface area (Å²) in [5.41, 5.74) is 0.642. The number of nitrogens with one attached hydrogen (secondary N) is 1. The van der Waals surface area contributed by atoms with Gasteiger partial charge in [0, 0.05) is 25.1 Å². The zero-order valence-corrected chi connectivity index (χ0v) is 22.2. The van der Waals surface area contributed by atoms with Crippen LogP contribution in [-0.4, -0.2) is 84.9 Å². The highest BCUT2D eigenvalue weighted by Gasteiger charge is 2.33. The molecule has 1 aliphatic rings. The Labute approximate surface area is 216 Å². The van der Waals surface area contributed by atoms with Crippen LogP contribution < -0.4 is 5.32 Å². The number of hydrogen-bond donors (Lipinski definition) is 1. The minimum atomic E-state index is -3.62. The molecule has 2 aromatic rings. The van der Waals surface area contributed by atoms with E-state index in [1.165, 1.54) is 0 Å². The van der Waals surface area contributed by atoms with Crippen LogP contribution in [0.3, 0.4) is 0 Å². The predicted molar refractivity (Wildman–Crippen MR) is 135 cm³/mol. The molecule has 0 aliphatic carbocycles. The molecule has 0 spiro atoms. The van der Waals surface area contributed by atoms with Crippen molar-refractivity contribution in [3.05, 3.63) is 36.2 Å². The second-order valence-electron chi connectivity index (χ2n) is 9.49. The first-order chi connectivity index (χ1) is 17.6. The Bertz CT molecular complexity index is 1170. The summed E-state index contributed by atoms with van der Waals surface area (Å²) in [6, 6.07) is 7.92. The average Bonchev–Trinajstić information content (AvgIpc) is 3.37. The van der Waals surface area contributed by atoms with Gasteiger partial charge in [-0.15, -0.1) is 0 Å². The molecule has 2 heterocycles. The molecule has 0 bridgehead atoms. The molecule has 1 aliphatic heterocycles. The molecule has 2 amide bonds. The topological polar surface area (TPSA) is 149 Å². The minimum absolute atomic E-state index is 0.107. The Kier molecular flexibility index (Phi) is 9.93. The molecule has 3 rings (SSSR count). The number of carbonyl (C=O) groups is 3. The number of amides is 2. The maximum absolute atomic E-state index is 13.3. The van der Waals surface area contributed by atoms with Crippen molar-refractivity contribution >= 4 is 27.4 Å². The van der Waals surface area contributed by atoms with Gasteiger partial charge < -0.3 is 19.5 Å². The molecular formula is C25H34N4O7S. The van der Waals surface area contributed by atoms with Crippen LogP contribution in [0.2, 0.25) is 0 Å². The first-order valence-electron chi connectivity index (χ1n) is 12.4. The summed E-state index contributed by atoms with van der Waals surface area (Å²) >= 11 is 0. The van der Waals surface area contributed by atoms with Crippen LogP contribution in [0, 0.1) is 11.8 Å². The number of Topliss-reactive ketones (excluding diaryl/α,β-unsaturated/α-hetero) is 1. The van der Waals surface area contributed by atoms with E-state index in [9.17, 15) is 22.8 Å². The standard InChI is InChI=1S/C25H34N4O7S/c1-4-20(22(31)23-27-25(36-28-23)18-8-6-5-7-9-18)26-24(32)19(16-37(33,34)15-17(2)3)14-21(30)29-10-12-35-13-11-29/h5-9,17,19-20H,4,10-16H2,1-3H3,(H,26,32)/t19?,20-/m0/s1. The first-order valence-corrected chi connectivity index (χ1v) is 14.2. The summed E-state index contributed by atoms with van der Waals surface area (Å²) in [5, 5.41) is 6.39. The molecule has 202 valence electrons. The van der Waals surface area contributed by atoms with E-state index < -0.39 is 39.2 Å². The lowest BCUT2D eigenvalue weighted by Gasteiger charge is -2.28. The van der Waals surface area contributed by atoms with E-state index in [1.807, 2.05) is 6.07 Å². The van der Waals surface area contributed by atoms with E-state index in [0.29, 0.717) is 31.9 Å². The van der Waals surface area contributed by atoms with Crippen molar-refractivity contribution < 1.29 is 32.1 Å². The predicted octanol–water partition coefficient (Wildman–Crippen LogP) is 1.75. The molecule has 0 radical (unpaired) electrons. The lowest BCUT2D eigenvalue weighted by Crippen LogP contribution is -2.47. The van der Waals surface area contributed by atoms with Crippen molar-refractivity contribution in [2.24, 2.45) is 11.8 Å². The van der Waals surface area contributed by atoms with Crippen LogP contribution in [0.25, 0.3) is 11.5 Å². The van der Waals surface area contributed by atoms with E-state index in [-0.39, 0.29) is 42.1 Å². The van der Waals surface area contributed by atoms with Crippen molar-refractivity contribution in [2.75, 3.05) is 37.8 Å². The summed E-state index contributed by atoms with van der Waals surface area (Å²) < 4.78 is 35.9. The zero-order valence-electron chi connectivity index (χ0n) is 21.4. The van der Waals surface area contributed by atoms with Gasteiger partial charge in [-0.05, 0) is 24.5 Å². The molecule has 0 saturated carbocycles. The fraction of sp³-hybridized carbons (Fsp3) is 0.560. The number of nitrogens with zero attached hydrogens (tertiary/aromatic N) is 3. The number of rotatable bonds is 12. The van der Waals surface area contributed by atoms with Crippen LogP contribution in [0.15, 0.2) is 34.9 Å². The molecule has 1 aromatic carbocycles. The Morgan fingerprint density at radius 1 is 1.08 bits per heavy atom. The van der Waals surface area contributed by atoms with Crippen molar-refractivity contribution in [1.29, 1.82) is 0 Å². The van der Waals surface area contributed by atoms with Gasteiger partial charge in [0.05, 0.1) is 36.7 Å². The van der Waals surface area contributed by atoms with Gasteiger partial charge in [-0.3, -0.25) is 14.4 Å². The van der Waals surface area contributed by atoms with Gasteiger partial charge in [0.25, 0.3) is 5.89 Å². The van der Waals surface area contributed by atoms with Crippen LogP contribution in [0.1, 0.15) is 44.2 Å². The quantitative estimate of drug-likeness (QED) is 0.402. The maximum Gasteiger partial charge on any atom is 0.258 e. The number of benzene rings is 1. The van der Waals surface area contributed by atoms with E-state index in [0.717, 1.165) is 0 Å². The molecule has 37 heavy (non-hydrogen) atoms. The normalized spacial score (nSPS) is 15.8. The third kappa shape index (κ3) is 8.19. The van der Waals surface area contributed by atoms with Gasteiger partial charge in [0.15, 0.2) is 9.84 Å². The Morgan fingerprint density at radius 3 is 2.38 bits per heavy atom. The van der Waals surface area contributed by atoms with Gasteiger partial charge in [-0.2, -0.15) is 4.98 Å². The third-order valence-electron chi connectivity index (χ3n) is 5.91.